The first kappa shape index (κ1) is 13.5. The molecular formula is C19H23NOS. The van der Waals surface area contributed by atoms with Gasteiger partial charge in [-0.25, -0.2) is 0 Å². The van der Waals surface area contributed by atoms with Crippen molar-refractivity contribution in [1.29, 1.82) is 0 Å². The number of para-hydroxylation sites is 1. The normalized spacial score (nSPS) is 42.6. The summed E-state index contributed by atoms with van der Waals surface area (Å²) >= 11 is 1.99. The molecule has 1 N–H and O–H groups in total. The summed E-state index contributed by atoms with van der Waals surface area (Å²) in [7, 11) is 0. The molecule has 1 heterocycles. The molecule has 22 heavy (non-hydrogen) atoms. The molecule has 4 bridgehead atoms. The van der Waals surface area contributed by atoms with E-state index in [2.05, 4.69) is 17.4 Å². The zero-order chi connectivity index (χ0) is 14.7. The van der Waals surface area contributed by atoms with E-state index in [1.54, 1.807) is 0 Å². The maximum Gasteiger partial charge on any atom is 0.225 e. The third-order valence-corrected chi connectivity index (χ3v) is 8.13. The molecule has 1 aromatic carbocycles. The summed E-state index contributed by atoms with van der Waals surface area (Å²) in [6.07, 6.45) is 9.26. The monoisotopic (exact) mass is 313 g/mol. The Bertz CT molecular complexity index is 590. The quantitative estimate of drug-likeness (QED) is 0.814. The molecule has 116 valence electrons. The van der Waals surface area contributed by atoms with E-state index in [4.69, 9.17) is 0 Å². The van der Waals surface area contributed by atoms with Crippen LogP contribution in [0.4, 0.5) is 5.69 Å². The Morgan fingerprint density at radius 3 is 2.32 bits per heavy atom. The molecule has 4 fully saturated rings. The molecule has 5 aliphatic rings. The van der Waals surface area contributed by atoms with E-state index in [0.29, 0.717) is 17.1 Å². The van der Waals surface area contributed by atoms with Crippen molar-refractivity contribution in [1.82, 2.24) is 0 Å². The molecule has 1 aliphatic heterocycles. The predicted octanol–water partition coefficient (Wildman–Crippen LogP) is 4.71. The third kappa shape index (κ3) is 2.05. The van der Waals surface area contributed by atoms with Crippen LogP contribution in [0.3, 0.4) is 0 Å². The first-order valence-electron chi connectivity index (χ1n) is 8.76. The average molecular weight is 313 g/mol. The summed E-state index contributed by atoms with van der Waals surface area (Å²) in [6.45, 7) is 0. The number of nitrogens with one attached hydrogen (secondary N) is 1. The Balaban J connectivity index is 1.51. The molecule has 4 aliphatic carbocycles. The lowest BCUT2D eigenvalue weighted by Crippen LogP contribution is -2.51. The first-order chi connectivity index (χ1) is 10.7. The van der Waals surface area contributed by atoms with Crippen molar-refractivity contribution in [2.75, 3.05) is 5.32 Å². The second-order valence-corrected chi connectivity index (χ2v) is 9.38. The lowest BCUT2D eigenvalue weighted by Gasteiger charge is -2.59. The lowest BCUT2D eigenvalue weighted by molar-refractivity contribution is -0.118. The van der Waals surface area contributed by atoms with E-state index in [1.165, 1.54) is 43.4 Å². The van der Waals surface area contributed by atoms with Crippen LogP contribution in [0, 0.1) is 23.2 Å². The summed E-state index contributed by atoms with van der Waals surface area (Å²) < 4.78 is 0. The van der Waals surface area contributed by atoms with Gasteiger partial charge in [0, 0.05) is 16.6 Å². The van der Waals surface area contributed by atoms with E-state index in [-0.39, 0.29) is 5.91 Å². The molecule has 0 radical (unpaired) electrons. The molecule has 1 amide bonds. The van der Waals surface area contributed by atoms with Gasteiger partial charge in [-0.3, -0.25) is 4.79 Å². The Hall–Kier alpha value is -0.960. The van der Waals surface area contributed by atoms with Crippen LogP contribution in [0.25, 0.3) is 0 Å². The second kappa shape index (κ2) is 4.77. The number of hydrogen-bond donors (Lipinski definition) is 1. The van der Waals surface area contributed by atoms with Gasteiger partial charge in [0.2, 0.25) is 5.91 Å². The smallest absolute Gasteiger partial charge is 0.225 e. The van der Waals surface area contributed by atoms with Crippen molar-refractivity contribution in [3.05, 3.63) is 24.3 Å². The molecule has 3 heteroatoms. The van der Waals surface area contributed by atoms with E-state index >= 15 is 0 Å². The first-order valence-corrected chi connectivity index (χ1v) is 9.64. The Labute approximate surface area is 136 Å². The number of hydrogen-bond acceptors (Lipinski definition) is 2. The summed E-state index contributed by atoms with van der Waals surface area (Å²) in [5, 5.41) is 3.60. The standard InChI is InChI=1S/C19H23NOS/c21-18-8-17(22-16-4-2-1-3-15(16)20-18)19-9-12-5-13(10-19)7-14(6-12)11-19/h1-4,12-14,17H,5-11H2,(H,20,21)/t12?,13?,14?,17-,19?/m0/s1. The van der Waals surface area contributed by atoms with Crippen molar-refractivity contribution in [2.24, 2.45) is 23.2 Å². The zero-order valence-electron chi connectivity index (χ0n) is 12.9. The lowest BCUT2D eigenvalue weighted by atomic mass is 9.48. The zero-order valence-corrected chi connectivity index (χ0v) is 13.7. The van der Waals surface area contributed by atoms with Gasteiger partial charge in [-0.2, -0.15) is 0 Å². The molecule has 0 spiro atoms. The largest absolute Gasteiger partial charge is 0.325 e. The Morgan fingerprint density at radius 2 is 1.64 bits per heavy atom. The molecule has 0 saturated heterocycles. The van der Waals surface area contributed by atoms with Crippen LogP contribution >= 0.6 is 11.8 Å². The second-order valence-electron chi connectivity index (χ2n) is 8.13. The number of thioether (sulfide) groups is 1. The van der Waals surface area contributed by atoms with E-state index in [0.717, 1.165) is 23.4 Å². The minimum absolute atomic E-state index is 0.221. The summed E-state index contributed by atoms with van der Waals surface area (Å²) in [5.74, 6) is 3.08. The van der Waals surface area contributed by atoms with E-state index < -0.39 is 0 Å². The van der Waals surface area contributed by atoms with Gasteiger partial charge in [0.05, 0.1) is 5.69 Å². The topological polar surface area (TPSA) is 29.1 Å². The summed E-state index contributed by atoms with van der Waals surface area (Å²) in [6, 6.07) is 8.34. The van der Waals surface area contributed by atoms with Crippen LogP contribution in [0.2, 0.25) is 0 Å². The number of carbonyl (C=O) groups is 1. The van der Waals surface area contributed by atoms with Crippen LogP contribution in [0.15, 0.2) is 29.2 Å². The number of anilines is 1. The van der Waals surface area contributed by atoms with Crippen LogP contribution < -0.4 is 5.32 Å². The average Bonchev–Trinajstić information content (AvgIpc) is 2.64. The highest BCUT2D eigenvalue weighted by atomic mass is 32.2. The maximum absolute atomic E-state index is 12.4. The van der Waals surface area contributed by atoms with Crippen molar-refractivity contribution in [2.45, 2.75) is 55.1 Å². The van der Waals surface area contributed by atoms with Crippen LogP contribution in [0.1, 0.15) is 44.9 Å². The highest BCUT2D eigenvalue weighted by molar-refractivity contribution is 8.00. The fourth-order valence-corrected chi connectivity index (χ4v) is 7.63. The van der Waals surface area contributed by atoms with Gasteiger partial charge in [0.1, 0.15) is 0 Å². The Morgan fingerprint density at radius 1 is 1.00 bits per heavy atom. The van der Waals surface area contributed by atoms with Gasteiger partial charge < -0.3 is 5.32 Å². The van der Waals surface area contributed by atoms with Crippen LogP contribution in [-0.2, 0) is 4.79 Å². The van der Waals surface area contributed by atoms with Gasteiger partial charge in [-0.15, -0.1) is 11.8 Å². The molecule has 0 aromatic heterocycles. The summed E-state index contributed by atoms with van der Waals surface area (Å²) in [5.41, 5.74) is 1.46. The highest BCUT2D eigenvalue weighted by Gasteiger charge is 2.54. The third-order valence-electron chi connectivity index (χ3n) is 6.57. The minimum atomic E-state index is 0.221. The predicted molar refractivity (Wildman–Crippen MR) is 89.9 cm³/mol. The minimum Gasteiger partial charge on any atom is -0.325 e. The van der Waals surface area contributed by atoms with Gasteiger partial charge in [-0.1, -0.05) is 12.1 Å². The molecule has 2 nitrogen and oxygen atoms in total. The Kier molecular flexibility index (Phi) is 2.92. The number of amides is 1. The highest BCUT2D eigenvalue weighted by Crippen LogP contribution is 2.64. The van der Waals surface area contributed by atoms with Gasteiger partial charge in [0.25, 0.3) is 0 Å². The number of rotatable bonds is 1. The van der Waals surface area contributed by atoms with Crippen molar-refractivity contribution in [3.63, 3.8) is 0 Å². The van der Waals surface area contributed by atoms with Crippen LogP contribution in [-0.4, -0.2) is 11.2 Å². The van der Waals surface area contributed by atoms with E-state index in [9.17, 15) is 4.79 Å². The van der Waals surface area contributed by atoms with Crippen molar-refractivity contribution in [3.8, 4) is 0 Å². The van der Waals surface area contributed by atoms with Crippen molar-refractivity contribution >= 4 is 23.4 Å². The molecule has 1 atom stereocenters. The van der Waals surface area contributed by atoms with Gasteiger partial charge in [-0.05, 0) is 73.8 Å². The SMILES string of the molecule is O=C1C[C@@H](C23CC4CC(CC(C4)C2)C3)Sc2ccccc2N1. The van der Waals surface area contributed by atoms with Crippen LogP contribution in [0.5, 0.6) is 0 Å². The van der Waals surface area contributed by atoms with E-state index in [1.807, 2.05) is 23.9 Å². The fourth-order valence-electron chi connectivity index (χ4n) is 6.15. The molecule has 6 rings (SSSR count). The molecular weight excluding hydrogens is 290 g/mol. The number of fused-ring (bicyclic) bond motifs is 1. The van der Waals surface area contributed by atoms with Crippen molar-refractivity contribution < 1.29 is 4.79 Å². The molecule has 1 aromatic rings. The maximum atomic E-state index is 12.4. The molecule has 0 unspecified atom stereocenters. The summed E-state index contributed by atoms with van der Waals surface area (Å²) in [4.78, 5) is 13.7. The van der Waals surface area contributed by atoms with Gasteiger partial charge in [0.15, 0.2) is 0 Å². The number of carbonyl (C=O) groups excluding carboxylic acids is 1. The van der Waals surface area contributed by atoms with Gasteiger partial charge >= 0.3 is 0 Å². The fraction of sp³-hybridized carbons (Fsp3) is 0.632. The molecule has 4 saturated carbocycles. The number of benzene rings is 1.